The average molecular weight is 294 g/mol. The Labute approximate surface area is 126 Å². The third-order valence-corrected chi connectivity index (χ3v) is 2.99. The first-order chi connectivity index (χ1) is 9.59. The summed E-state index contributed by atoms with van der Waals surface area (Å²) in [6.45, 7) is 12.3. The van der Waals surface area contributed by atoms with Crippen molar-refractivity contribution in [2.24, 2.45) is 5.41 Å². The third-order valence-electron chi connectivity index (χ3n) is 2.99. The van der Waals surface area contributed by atoms with E-state index in [4.69, 9.17) is 4.74 Å². The number of ether oxygens (including phenoxy) is 1. The van der Waals surface area contributed by atoms with Gasteiger partial charge >= 0.3 is 0 Å². The number of nitro groups is 1. The monoisotopic (exact) mass is 294 g/mol. The fourth-order valence-corrected chi connectivity index (χ4v) is 2.61. The van der Waals surface area contributed by atoms with Gasteiger partial charge in [-0.05, 0) is 37.8 Å². The fraction of sp³-hybridized carbons (Fsp3) is 0.625. The number of non-ortho nitro benzene ring substituents is 1. The van der Waals surface area contributed by atoms with Crippen molar-refractivity contribution < 1.29 is 9.66 Å². The van der Waals surface area contributed by atoms with Gasteiger partial charge in [0, 0.05) is 24.2 Å². The lowest BCUT2D eigenvalue weighted by molar-refractivity contribution is -0.384. The third kappa shape index (κ3) is 7.09. The first kappa shape index (κ1) is 17.4. The molecule has 0 saturated carbocycles. The maximum atomic E-state index is 10.6. The van der Waals surface area contributed by atoms with Gasteiger partial charge in [0.15, 0.2) is 0 Å². The second-order valence-electron chi connectivity index (χ2n) is 7.15. The molecule has 0 aliphatic carbocycles. The van der Waals surface area contributed by atoms with Crippen molar-refractivity contribution in [3.8, 4) is 5.75 Å². The standard InChI is InChI=1S/C16H26N2O3/c1-15(2,3)12-16(4,5)17-10-11-21-14-8-6-13(7-9-14)18(19)20/h6-9,17H,10-12H2,1-5H3. The quantitative estimate of drug-likeness (QED) is 0.472. The van der Waals surface area contributed by atoms with Crippen LogP contribution < -0.4 is 10.1 Å². The van der Waals surface area contributed by atoms with E-state index in [0.717, 1.165) is 13.0 Å². The molecule has 0 aliphatic rings. The largest absolute Gasteiger partial charge is 0.492 e. The van der Waals surface area contributed by atoms with Crippen LogP contribution in [0, 0.1) is 15.5 Å². The lowest BCUT2D eigenvalue weighted by atomic mass is 9.82. The molecule has 0 bridgehead atoms. The summed E-state index contributed by atoms with van der Waals surface area (Å²) in [6, 6.07) is 6.15. The van der Waals surface area contributed by atoms with E-state index in [-0.39, 0.29) is 16.6 Å². The average Bonchev–Trinajstić information content (AvgIpc) is 2.32. The van der Waals surface area contributed by atoms with Crippen molar-refractivity contribution in [2.45, 2.75) is 46.6 Å². The second kappa shape index (κ2) is 6.89. The number of benzene rings is 1. The Kier molecular flexibility index (Phi) is 5.72. The molecule has 0 saturated heterocycles. The number of rotatable bonds is 7. The van der Waals surface area contributed by atoms with Gasteiger partial charge in [-0.15, -0.1) is 0 Å². The predicted molar refractivity (Wildman–Crippen MR) is 84.7 cm³/mol. The molecule has 5 nitrogen and oxygen atoms in total. The van der Waals surface area contributed by atoms with Crippen LogP contribution in [0.25, 0.3) is 0 Å². The molecule has 21 heavy (non-hydrogen) atoms. The minimum atomic E-state index is -0.416. The van der Waals surface area contributed by atoms with Gasteiger partial charge in [0.1, 0.15) is 12.4 Å². The Morgan fingerprint density at radius 1 is 1.14 bits per heavy atom. The highest BCUT2D eigenvalue weighted by atomic mass is 16.6. The van der Waals surface area contributed by atoms with Crippen LogP contribution in [0.3, 0.4) is 0 Å². The van der Waals surface area contributed by atoms with Crippen molar-refractivity contribution in [2.75, 3.05) is 13.2 Å². The van der Waals surface area contributed by atoms with Crippen LogP contribution >= 0.6 is 0 Å². The van der Waals surface area contributed by atoms with Crippen molar-refractivity contribution in [1.29, 1.82) is 0 Å². The van der Waals surface area contributed by atoms with Gasteiger partial charge in [-0.25, -0.2) is 0 Å². The highest BCUT2D eigenvalue weighted by molar-refractivity contribution is 5.35. The zero-order chi connectivity index (χ0) is 16.1. The molecule has 0 aliphatic heterocycles. The Balaban J connectivity index is 2.35. The first-order valence-electron chi connectivity index (χ1n) is 7.21. The Morgan fingerprint density at radius 2 is 1.71 bits per heavy atom. The van der Waals surface area contributed by atoms with Gasteiger partial charge in [0.05, 0.1) is 4.92 Å². The van der Waals surface area contributed by atoms with Gasteiger partial charge in [-0.1, -0.05) is 20.8 Å². The number of nitrogens with zero attached hydrogens (tertiary/aromatic N) is 1. The highest BCUT2D eigenvalue weighted by Crippen LogP contribution is 2.26. The molecule has 0 radical (unpaired) electrons. The molecule has 5 heteroatoms. The molecule has 118 valence electrons. The number of nitrogens with one attached hydrogen (secondary N) is 1. The molecule has 0 atom stereocenters. The smallest absolute Gasteiger partial charge is 0.269 e. The van der Waals surface area contributed by atoms with E-state index in [9.17, 15) is 10.1 Å². The van der Waals surface area contributed by atoms with E-state index in [1.807, 2.05) is 0 Å². The van der Waals surface area contributed by atoms with Crippen LogP contribution in [0.1, 0.15) is 41.0 Å². The summed E-state index contributed by atoms with van der Waals surface area (Å²) in [5, 5.41) is 14.0. The Morgan fingerprint density at radius 3 is 2.19 bits per heavy atom. The number of hydrogen-bond donors (Lipinski definition) is 1. The molecular formula is C16H26N2O3. The Hall–Kier alpha value is -1.62. The minimum Gasteiger partial charge on any atom is -0.492 e. The maximum absolute atomic E-state index is 10.6. The fourth-order valence-electron chi connectivity index (χ4n) is 2.61. The van der Waals surface area contributed by atoms with Crippen LogP contribution in [0.4, 0.5) is 5.69 Å². The molecule has 1 N–H and O–H groups in total. The zero-order valence-electron chi connectivity index (χ0n) is 13.6. The topological polar surface area (TPSA) is 64.4 Å². The van der Waals surface area contributed by atoms with E-state index in [1.54, 1.807) is 12.1 Å². The van der Waals surface area contributed by atoms with Crippen molar-refractivity contribution in [1.82, 2.24) is 5.32 Å². The summed E-state index contributed by atoms with van der Waals surface area (Å²) in [5.74, 6) is 0.649. The van der Waals surface area contributed by atoms with E-state index in [1.165, 1.54) is 12.1 Å². The normalized spacial score (nSPS) is 12.2. The first-order valence-corrected chi connectivity index (χ1v) is 7.21. The highest BCUT2D eigenvalue weighted by Gasteiger charge is 2.24. The predicted octanol–water partition coefficient (Wildman–Crippen LogP) is 3.78. The zero-order valence-corrected chi connectivity index (χ0v) is 13.6. The van der Waals surface area contributed by atoms with Gasteiger partial charge in [0.25, 0.3) is 5.69 Å². The molecule has 0 fully saturated rings. The molecule has 1 rings (SSSR count). The molecular weight excluding hydrogens is 268 g/mol. The summed E-state index contributed by atoms with van der Waals surface area (Å²) in [5.41, 5.74) is 0.402. The van der Waals surface area contributed by atoms with E-state index < -0.39 is 4.92 Å². The molecule has 0 heterocycles. The lowest BCUT2D eigenvalue weighted by Gasteiger charge is -2.33. The minimum absolute atomic E-state index is 0.0527. The van der Waals surface area contributed by atoms with Crippen LogP contribution in [-0.4, -0.2) is 23.6 Å². The van der Waals surface area contributed by atoms with Crippen LogP contribution in [-0.2, 0) is 0 Å². The van der Waals surface area contributed by atoms with Crippen molar-refractivity contribution in [3.63, 3.8) is 0 Å². The van der Waals surface area contributed by atoms with Gasteiger partial charge in [-0.3, -0.25) is 10.1 Å². The molecule has 0 amide bonds. The molecule has 1 aromatic carbocycles. The summed E-state index contributed by atoms with van der Waals surface area (Å²) in [4.78, 5) is 10.1. The van der Waals surface area contributed by atoms with E-state index in [0.29, 0.717) is 12.4 Å². The van der Waals surface area contributed by atoms with Crippen LogP contribution in [0.5, 0.6) is 5.75 Å². The maximum Gasteiger partial charge on any atom is 0.269 e. The van der Waals surface area contributed by atoms with Gasteiger partial charge in [0.2, 0.25) is 0 Å². The lowest BCUT2D eigenvalue weighted by Crippen LogP contribution is -2.44. The summed E-state index contributed by atoms with van der Waals surface area (Å²) < 4.78 is 5.58. The van der Waals surface area contributed by atoms with Crippen LogP contribution in [0.15, 0.2) is 24.3 Å². The summed E-state index contributed by atoms with van der Waals surface area (Å²) >= 11 is 0. The van der Waals surface area contributed by atoms with E-state index >= 15 is 0 Å². The molecule has 0 aromatic heterocycles. The number of nitro benzene ring substituents is 1. The molecule has 0 spiro atoms. The Bertz CT molecular complexity index is 461. The van der Waals surface area contributed by atoms with Gasteiger partial charge < -0.3 is 10.1 Å². The van der Waals surface area contributed by atoms with Gasteiger partial charge in [-0.2, -0.15) is 0 Å². The molecule has 1 aromatic rings. The van der Waals surface area contributed by atoms with Crippen molar-refractivity contribution >= 4 is 5.69 Å². The summed E-state index contributed by atoms with van der Waals surface area (Å²) in [7, 11) is 0. The van der Waals surface area contributed by atoms with E-state index in [2.05, 4.69) is 39.9 Å². The SMILES string of the molecule is CC(C)(C)CC(C)(C)NCCOc1ccc([N+](=O)[O-])cc1. The summed E-state index contributed by atoms with van der Waals surface area (Å²) in [6.07, 6.45) is 1.07. The van der Waals surface area contributed by atoms with Crippen LogP contribution in [0.2, 0.25) is 0 Å². The van der Waals surface area contributed by atoms with Crippen molar-refractivity contribution in [3.05, 3.63) is 34.4 Å². The molecule has 0 unspecified atom stereocenters. The second-order valence-corrected chi connectivity index (χ2v) is 7.15. The number of hydrogen-bond acceptors (Lipinski definition) is 4.